The summed E-state index contributed by atoms with van der Waals surface area (Å²) in [5, 5.41) is 8.94. The second-order valence-electron chi connectivity index (χ2n) is 3.94. The van der Waals surface area contributed by atoms with Crippen molar-refractivity contribution in [3.05, 3.63) is 58.1 Å². The molecule has 2 aromatic carbocycles. The Labute approximate surface area is 114 Å². The summed E-state index contributed by atoms with van der Waals surface area (Å²) in [5.74, 6) is 0.774. The van der Waals surface area contributed by atoms with Crippen LogP contribution in [-0.2, 0) is 13.2 Å². The Bertz CT molecular complexity index is 526. The van der Waals surface area contributed by atoms with Crippen molar-refractivity contribution in [2.24, 2.45) is 0 Å². The molecule has 0 aromatic heterocycles. The Hall–Kier alpha value is -1.52. The van der Waals surface area contributed by atoms with Gasteiger partial charge in [0.2, 0.25) is 0 Å². The molecular formula is C14H14BrNO2. The first-order valence-electron chi connectivity index (χ1n) is 5.55. The molecule has 0 unspecified atom stereocenters. The summed E-state index contributed by atoms with van der Waals surface area (Å²) in [6.45, 7) is 0.517. The van der Waals surface area contributed by atoms with Gasteiger partial charge in [-0.1, -0.05) is 34.1 Å². The molecule has 0 aliphatic rings. The van der Waals surface area contributed by atoms with Crippen LogP contribution in [-0.4, -0.2) is 5.11 Å². The van der Waals surface area contributed by atoms with E-state index in [1.54, 1.807) is 0 Å². The van der Waals surface area contributed by atoms with Gasteiger partial charge < -0.3 is 15.6 Å². The minimum Gasteiger partial charge on any atom is -0.489 e. The molecule has 0 heterocycles. The Morgan fingerprint density at radius 3 is 2.44 bits per heavy atom. The molecule has 0 bridgehead atoms. The van der Waals surface area contributed by atoms with Crippen LogP contribution in [0.1, 0.15) is 11.1 Å². The summed E-state index contributed by atoms with van der Waals surface area (Å²) in [7, 11) is 0. The molecular weight excluding hydrogens is 294 g/mol. The Morgan fingerprint density at radius 1 is 1.11 bits per heavy atom. The van der Waals surface area contributed by atoms with Crippen molar-refractivity contribution in [1.82, 2.24) is 0 Å². The van der Waals surface area contributed by atoms with E-state index in [-0.39, 0.29) is 6.61 Å². The van der Waals surface area contributed by atoms with Gasteiger partial charge >= 0.3 is 0 Å². The number of ether oxygens (including phenoxy) is 1. The zero-order valence-electron chi connectivity index (χ0n) is 9.77. The SMILES string of the molecule is Nc1ccc(COc2ccc(CO)cc2)c(Br)c1. The molecule has 0 fully saturated rings. The third kappa shape index (κ3) is 3.24. The van der Waals surface area contributed by atoms with E-state index in [4.69, 9.17) is 15.6 Å². The van der Waals surface area contributed by atoms with Gasteiger partial charge in [-0.15, -0.1) is 0 Å². The standard InChI is InChI=1S/C14H14BrNO2/c15-14-7-12(16)4-3-11(14)9-18-13-5-1-10(8-17)2-6-13/h1-7,17H,8-9,16H2. The third-order valence-electron chi connectivity index (χ3n) is 2.58. The minimum atomic E-state index is 0.0454. The lowest BCUT2D eigenvalue weighted by Crippen LogP contribution is -1.97. The maximum atomic E-state index is 8.94. The second kappa shape index (κ2) is 5.89. The highest BCUT2D eigenvalue weighted by molar-refractivity contribution is 9.10. The lowest BCUT2D eigenvalue weighted by Gasteiger charge is -2.09. The van der Waals surface area contributed by atoms with Crippen LogP contribution in [0.3, 0.4) is 0 Å². The summed E-state index contributed by atoms with van der Waals surface area (Å²) < 4.78 is 6.60. The maximum Gasteiger partial charge on any atom is 0.119 e. The summed E-state index contributed by atoms with van der Waals surface area (Å²) in [6, 6.07) is 13.0. The molecule has 3 nitrogen and oxygen atoms in total. The molecule has 0 saturated heterocycles. The quantitative estimate of drug-likeness (QED) is 0.853. The third-order valence-corrected chi connectivity index (χ3v) is 3.32. The predicted octanol–water partition coefficient (Wildman–Crippen LogP) is 3.10. The van der Waals surface area contributed by atoms with Crippen molar-refractivity contribution < 1.29 is 9.84 Å². The Balaban J connectivity index is 2.02. The van der Waals surface area contributed by atoms with E-state index in [2.05, 4.69) is 15.9 Å². The summed E-state index contributed by atoms with van der Waals surface area (Å²) in [6.07, 6.45) is 0. The van der Waals surface area contributed by atoms with E-state index >= 15 is 0 Å². The van der Waals surface area contributed by atoms with Crippen LogP contribution in [0.2, 0.25) is 0 Å². The van der Waals surface area contributed by atoms with Crippen molar-refractivity contribution in [3.63, 3.8) is 0 Å². The summed E-state index contributed by atoms with van der Waals surface area (Å²) in [5.41, 5.74) is 8.30. The van der Waals surface area contributed by atoms with E-state index in [1.807, 2.05) is 42.5 Å². The van der Waals surface area contributed by atoms with Gasteiger partial charge in [0.1, 0.15) is 12.4 Å². The highest BCUT2D eigenvalue weighted by atomic mass is 79.9. The van der Waals surface area contributed by atoms with E-state index < -0.39 is 0 Å². The number of halogens is 1. The van der Waals surface area contributed by atoms with Gasteiger partial charge in [-0.25, -0.2) is 0 Å². The number of benzene rings is 2. The van der Waals surface area contributed by atoms with Crippen LogP contribution in [0.15, 0.2) is 46.9 Å². The van der Waals surface area contributed by atoms with Crippen molar-refractivity contribution in [2.75, 3.05) is 5.73 Å². The van der Waals surface area contributed by atoms with Crippen molar-refractivity contribution in [3.8, 4) is 5.75 Å². The van der Waals surface area contributed by atoms with Gasteiger partial charge in [-0.2, -0.15) is 0 Å². The van der Waals surface area contributed by atoms with Crippen LogP contribution < -0.4 is 10.5 Å². The number of aliphatic hydroxyl groups is 1. The number of nitrogens with two attached hydrogens (primary N) is 1. The molecule has 18 heavy (non-hydrogen) atoms. The molecule has 0 aliphatic carbocycles. The molecule has 4 heteroatoms. The van der Waals surface area contributed by atoms with Crippen LogP contribution in [0.4, 0.5) is 5.69 Å². The fourth-order valence-electron chi connectivity index (χ4n) is 1.53. The fourth-order valence-corrected chi connectivity index (χ4v) is 2.04. The number of anilines is 1. The Morgan fingerprint density at radius 2 is 1.83 bits per heavy atom. The van der Waals surface area contributed by atoms with Crippen LogP contribution in [0.25, 0.3) is 0 Å². The minimum absolute atomic E-state index is 0.0454. The summed E-state index contributed by atoms with van der Waals surface area (Å²) >= 11 is 3.45. The van der Waals surface area contributed by atoms with E-state index in [0.717, 1.165) is 27.0 Å². The lowest BCUT2D eigenvalue weighted by atomic mass is 10.2. The molecule has 94 valence electrons. The fraction of sp³-hybridized carbons (Fsp3) is 0.143. The van der Waals surface area contributed by atoms with Gasteiger partial charge in [0, 0.05) is 15.7 Å². The molecule has 0 spiro atoms. The number of aliphatic hydroxyl groups excluding tert-OH is 1. The number of nitrogen functional groups attached to an aromatic ring is 1. The number of hydrogen-bond acceptors (Lipinski definition) is 3. The molecule has 0 atom stereocenters. The monoisotopic (exact) mass is 307 g/mol. The van der Waals surface area contributed by atoms with E-state index in [1.165, 1.54) is 0 Å². The van der Waals surface area contributed by atoms with Crippen molar-refractivity contribution in [1.29, 1.82) is 0 Å². The lowest BCUT2D eigenvalue weighted by molar-refractivity contribution is 0.280. The largest absolute Gasteiger partial charge is 0.489 e. The first-order valence-corrected chi connectivity index (χ1v) is 6.35. The second-order valence-corrected chi connectivity index (χ2v) is 4.80. The Kier molecular flexibility index (Phi) is 4.23. The van der Waals surface area contributed by atoms with Crippen LogP contribution >= 0.6 is 15.9 Å². The van der Waals surface area contributed by atoms with Crippen LogP contribution in [0.5, 0.6) is 5.75 Å². The summed E-state index contributed by atoms with van der Waals surface area (Å²) in [4.78, 5) is 0. The van der Waals surface area contributed by atoms with Crippen molar-refractivity contribution in [2.45, 2.75) is 13.2 Å². The smallest absolute Gasteiger partial charge is 0.119 e. The molecule has 0 amide bonds. The number of rotatable bonds is 4. The normalized spacial score (nSPS) is 10.3. The van der Waals surface area contributed by atoms with E-state index in [9.17, 15) is 0 Å². The highest BCUT2D eigenvalue weighted by Gasteiger charge is 2.01. The van der Waals surface area contributed by atoms with Gasteiger partial charge in [0.15, 0.2) is 0 Å². The van der Waals surface area contributed by atoms with E-state index in [0.29, 0.717) is 6.61 Å². The zero-order valence-corrected chi connectivity index (χ0v) is 11.4. The van der Waals surface area contributed by atoms with Crippen LogP contribution in [0, 0.1) is 0 Å². The van der Waals surface area contributed by atoms with Gasteiger partial charge in [-0.05, 0) is 29.8 Å². The van der Waals surface area contributed by atoms with Gasteiger partial charge in [-0.3, -0.25) is 0 Å². The van der Waals surface area contributed by atoms with Gasteiger partial charge in [0.25, 0.3) is 0 Å². The predicted molar refractivity (Wildman–Crippen MR) is 75.3 cm³/mol. The molecule has 2 aromatic rings. The topological polar surface area (TPSA) is 55.5 Å². The molecule has 0 aliphatic heterocycles. The van der Waals surface area contributed by atoms with Gasteiger partial charge in [0.05, 0.1) is 6.61 Å². The average Bonchev–Trinajstić information content (AvgIpc) is 2.38. The molecule has 0 radical (unpaired) electrons. The zero-order chi connectivity index (χ0) is 13.0. The molecule has 2 rings (SSSR count). The molecule has 3 N–H and O–H groups in total. The first-order chi connectivity index (χ1) is 8.69. The highest BCUT2D eigenvalue weighted by Crippen LogP contribution is 2.22. The van der Waals surface area contributed by atoms with Crippen molar-refractivity contribution >= 4 is 21.6 Å². The maximum absolute atomic E-state index is 8.94. The average molecular weight is 308 g/mol. The number of hydrogen-bond donors (Lipinski definition) is 2. The first kappa shape index (κ1) is 12.9. The molecule has 0 saturated carbocycles.